The molecule has 1 aliphatic rings. The Morgan fingerprint density at radius 2 is 2.00 bits per heavy atom. The maximum absolute atomic E-state index is 11.2. The first kappa shape index (κ1) is 11.2. The second-order valence-corrected chi connectivity index (χ2v) is 4.65. The van der Waals surface area contributed by atoms with E-state index in [1.165, 1.54) is 20.0 Å². The molecule has 0 saturated heterocycles. The molecule has 0 N–H and O–H groups in total. The van der Waals surface area contributed by atoms with Gasteiger partial charge in [-0.3, -0.25) is 0 Å². The van der Waals surface area contributed by atoms with Crippen LogP contribution in [0.25, 0.3) is 0 Å². The fourth-order valence-corrected chi connectivity index (χ4v) is 2.33. The highest BCUT2D eigenvalue weighted by Gasteiger charge is 2.23. The summed E-state index contributed by atoms with van der Waals surface area (Å²) in [5.74, 6) is 2.17. The Hall–Kier alpha value is -1.25. The van der Waals surface area contributed by atoms with Crippen LogP contribution >= 0.6 is 0 Å². The largest absolute Gasteiger partial charge is 0.463 e. The van der Waals surface area contributed by atoms with Gasteiger partial charge in [0.2, 0.25) is 5.76 Å². The Morgan fingerprint density at radius 3 is 2.62 bits per heavy atom. The molecule has 0 unspecified atom stereocenters. The second-order valence-electron chi connectivity index (χ2n) is 4.65. The van der Waals surface area contributed by atoms with E-state index in [0.717, 1.165) is 24.5 Å². The van der Waals surface area contributed by atoms with Crippen LogP contribution in [0.5, 0.6) is 0 Å². The molecule has 0 aromatic carbocycles. The smallest absolute Gasteiger partial charge is 0.373 e. The van der Waals surface area contributed by atoms with Gasteiger partial charge in [0.15, 0.2) is 0 Å². The van der Waals surface area contributed by atoms with Crippen molar-refractivity contribution in [3.63, 3.8) is 0 Å². The summed E-state index contributed by atoms with van der Waals surface area (Å²) in [6.45, 7) is 2.29. The number of hydrogen-bond acceptors (Lipinski definition) is 3. The van der Waals surface area contributed by atoms with Crippen molar-refractivity contribution in [1.29, 1.82) is 0 Å². The molecular weight excluding hydrogens is 204 g/mol. The number of ether oxygens (including phenoxy) is 1. The van der Waals surface area contributed by atoms with E-state index in [4.69, 9.17) is 4.42 Å². The first-order valence-electron chi connectivity index (χ1n) is 5.88. The van der Waals surface area contributed by atoms with E-state index >= 15 is 0 Å². The molecule has 1 aliphatic carbocycles. The van der Waals surface area contributed by atoms with Crippen LogP contribution in [0.15, 0.2) is 16.5 Å². The molecule has 0 radical (unpaired) electrons. The molecule has 0 aliphatic heterocycles. The van der Waals surface area contributed by atoms with E-state index in [9.17, 15) is 4.79 Å². The Bertz CT molecular complexity index is 359. The highest BCUT2D eigenvalue weighted by atomic mass is 16.5. The summed E-state index contributed by atoms with van der Waals surface area (Å²) in [4.78, 5) is 11.2. The SMILES string of the molecule is COC(=O)c1ccc([C@H]2CC[C@@H](C)CC2)o1. The van der Waals surface area contributed by atoms with Crippen LogP contribution in [0.1, 0.15) is 54.8 Å². The van der Waals surface area contributed by atoms with Gasteiger partial charge < -0.3 is 9.15 Å². The standard InChI is InChI=1S/C13H18O3/c1-9-3-5-10(6-4-9)11-7-8-12(16-11)13(14)15-2/h7-10H,3-6H2,1-2H3/t9-,10+. The number of methoxy groups -OCH3 is 1. The van der Waals surface area contributed by atoms with Crippen molar-refractivity contribution in [2.24, 2.45) is 5.92 Å². The zero-order chi connectivity index (χ0) is 11.5. The normalized spacial score (nSPS) is 25.4. The average Bonchev–Trinajstić information content (AvgIpc) is 2.78. The molecule has 0 bridgehead atoms. The van der Waals surface area contributed by atoms with Gasteiger partial charge in [-0.1, -0.05) is 19.8 Å². The number of carbonyl (C=O) groups excluding carboxylic acids is 1. The Kier molecular flexibility index (Phi) is 3.32. The number of rotatable bonds is 2. The minimum Gasteiger partial charge on any atom is -0.463 e. The lowest BCUT2D eigenvalue weighted by molar-refractivity contribution is 0.0561. The number of esters is 1. The third-order valence-corrected chi connectivity index (χ3v) is 3.43. The quantitative estimate of drug-likeness (QED) is 0.720. The summed E-state index contributed by atoms with van der Waals surface area (Å²) in [5.41, 5.74) is 0. The van der Waals surface area contributed by atoms with Crippen LogP contribution in [0, 0.1) is 5.92 Å². The predicted molar refractivity (Wildman–Crippen MR) is 60.4 cm³/mol. The molecule has 88 valence electrons. The minimum atomic E-state index is -0.393. The van der Waals surface area contributed by atoms with Gasteiger partial charge in [-0.05, 0) is 30.9 Å². The van der Waals surface area contributed by atoms with Gasteiger partial charge in [-0.15, -0.1) is 0 Å². The Labute approximate surface area is 95.8 Å². The van der Waals surface area contributed by atoms with E-state index in [2.05, 4.69) is 11.7 Å². The maximum atomic E-state index is 11.2. The van der Waals surface area contributed by atoms with E-state index in [1.54, 1.807) is 6.07 Å². The average molecular weight is 222 g/mol. The molecule has 1 aromatic rings. The molecule has 1 saturated carbocycles. The lowest BCUT2D eigenvalue weighted by Gasteiger charge is -2.24. The second kappa shape index (κ2) is 4.73. The molecule has 1 heterocycles. The number of furan rings is 1. The molecule has 0 atom stereocenters. The highest BCUT2D eigenvalue weighted by Crippen LogP contribution is 2.36. The molecule has 0 amide bonds. The summed E-state index contributed by atoms with van der Waals surface area (Å²) >= 11 is 0. The molecule has 3 nitrogen and oxygen atoms in total. The summed E-state index contributed by atoms with van der Waals surface area (Å²) in [7, 11) is 1.37. The van der Waals surface area contributed by atoms with Crippen LogP contribution < -0.4 is 0 Å². The molecule has 2 rings (SSSR count). The third-order valence-electron chi connectivity index (χ3n) is 3.43. The van der Waals surface area contributed by atoms with E-state index in [1.807, 2.05) is 6.07 Å². The van der Waals surface area contributed by atoms with Gasteiger partial charge >= 0.3 is 5.97 Å². The fraction of sp³-hybridized carbons (Fsp3) is 0.615. The van der Waals surface area contributed by atoms with E-state index in [0.29, 0.717) is 11.7 Å². The molecular formula is C13H18O3. The summed E-state index contributed by atoms with van der Waals surface area (Å²) in [6, 6.07) is 3.62. The fourth-order valence-electron chi connectivity index (χ4n) is 2.33. The molecule has 1 aromatic heterocycles. The molecule has 0 spiro atoms. The van der Waals surface area contributed by atoms with Gasteiger partial charge in [-0.25, -0.2) is 4.79 Å². The lowest BCUT2D eigenvalue weighted by Crippen LogP contribution is -2.10. The van der Waals surface area contributed by atoms with Crippen molar-refractivity contribution in [3.05, 3.63) is 23.7 Å². The van der Waals surface area contributed by atoms with Crippen molar-refractivity contribution in [2.45, 2.75) is 38.5 Å². The first-order valence-corrected chi connectivity index (χ1v) is 5.88. The van der Waals surface area contributed by atoms with Crippen LogP contribution in [0.4, 0.5) is 0 Å². The van der Waals surface area contributed by atoms with Crippen molar-refractivity contribution in [3.8, 4) is 0 Å². The van der Waals surface area contributed by atoms with E-state index < -0.39 is 5.97 Å². The van der Waals surface area contributed by atoms with Crippen molar-refractivity contribution >= 4 is 5.97 Å². The van der Waals surface area contributed by atoms with Crippen LogP contribution in [0.3, 0.4) is 0 Å². The van der Waals surface area contributed by atoms with Crippen LogP contribution in [0.2, 0.25) is 0 Å². The van der Waals surface area contributed by atoms with Crippen LogP contribution in [-0.2, 0) is 4.74 Å². The zero-order valence-electron chi connectivity index (χ0n) is 9.86. The predicted octanol–water partition coefficient (Wildman–Crippen LogP) is 3.36. The molecule has 3 heteroatoms. The minimum absolute atomic E-state index is 0.316. The maximum Gasteiger partial charge on any atom is 0.373 e. The van der Waals surface area contributed by atoms with Crippen LogP contribution in [-0.4, -0.2) is 13.1 Å². The van der Waals surface area contributed by atoms with Crippen molar-refractivity contribution in [2.75, 3.05) is 7.11 Å². The molecule has 1 fully saturated rings. The summed E-state index contributed by atoms with van der Waals surface area (Å²) in [5, 5.41) is 0. The van der Waals surface area contributed by atoms with E-state index in [-0.39, 0.29) is 0 Å². The summed E-state index contributed by atoms with van der Waals surface area (Å²) in [6.07, 6.45) is 4.82. The lowest BCUT2D eigenvalue weighted by atomic mass is 9.82. The van der Waals surface area contributed by atoms with Gasteiger partial charge in [0.1, 0.15) is 5.76 Å². The third kappa shape index (κ3) is 2.29. The van der Waals surface area contributed by atoms with Gasteiger partial charge in [0.05, 0.1) is 7.11 Å². The number of hydrogen-bond donors (Lipinski definition) is 0. The van der Waals surface area contributed by atoms with Crippen molar-refractivity contribution in [1.82, 2.24) is 0 Å². The Morgan fingerprint density at radius 1 is 1.31 bits per heavy atom. The highest BCUT2D eigenvalue weighted by molar-refractivity contribution is 5.86. The van der Waals surface area contributed by atoms with Gasteiger partial charge in [-0.2, -0.15) is 0 Å². The summed E-state index contributed by atoms with van der Waals surface area (Å²) < 4.78 is 10.2. The topological polar surface area (TPSA) is 39.4 Å². The Balaban J connectivity index is 2.04. The number of carbonyl (C=O) groups is 1. The van der Waals surface area contributed by atoms with Crippen molar-refractivity contribution < 1.29 is 13.9 Å². The van der Waals surface area contributed by atoms with Gasteiger partial charge in [0.25, 0.3) is 0 Å². The van der Waals surface area contributed by atoms with Gasteiger partial charge in [0, 0.05) is 5.92 Å². The first-order chi connectivity index (χ1) is 7.70. The zero-order valence-corrected chi connectivity index (χ0v) is 9.86. The monoisotopic (exact) mass is 222 g/mol. The molecule has 16 heavy (non-hydrogen) atoms.